The lowest BCUT2D eigenvalue weighted by atomic mass is 10.2. The van der Waals surface area contributed by atoms with Crippen LogP contribution in [0.5, 0.6) is 0 Å². The number of aryl methyl sites for hydroxylation is 1. The highest BCUT2D eigenvalue weighted by molar-refractivity contribution is 7.99. The van der Waals surface area contributed by atoms with Crippen LogP contribution < -0.4 is 5.32 Å². The Bertz CT molecular complexity index is 424. The number of rotatable bonds is 6. The number of nitrogens with one attached hydrogen (secondary N) is 1. The Hall–Kier alpha value is -1.34. The summed E-state index contributed by atoms with van der Waals surface area (Å²) in [6, 6.07) is 3.04. The van der Waals surface area contributed by atoms with Crippen molar-refractivity contribution in [1.29, 1.82) is 0 Å². The number of nitro groups is 1. The van der Waals surface area contributed by atoms with Crippen molar-refractivity contribution in [2.45, 2.75) is 25.1 Å². The molecule has 0 spiro atoms. The van der Waals surface area contributed by atoms with Crippen LogP contribution in [0.15, 0.2) is 12.1 Å². The first-order chi connectivity index (χ1) is 8.49. The summed E-state index contributed by atoms with van der Waals surface area (Å²) < 4.78 is 0. The van der Waals surface area contributed by atoms with E-state index in [0.717, 1.165) is 0 Å². The van der Waals surface area contributed by atoms with Gasteiger partial charge in [-0.25, -0.2) is 4.98 Å². The predicted molar refractivity (Wildman–Crippen MR) is 73.1 cm³/mol. The maximum atomic E-state index is 10.7. The number of thioether (sulfide) groups is 1. The molecular weight excluding hydrogens is 254 g/mol. The van der Waals surface area contributed by atoms with E-state index < -0.39 is 4.92 Å². The van der Waals surface area contributed by atoms with Gasteiger partial charge in [0.25, 0.3) is 5.69 Å². The summed E-state index contributed by atoms with van der Waals surface area (Å²) in [5, 5.41) is 23.0. The van der Waals surface area contributed by atoms with E-state index in [-0.39, 0.29) is 23.6 Å². The summed E-state index contributed by atoms with van der Waals surface area (Å²) in [4.78, 5) is 14.4. The molecule has 0 aromatic carbocycles. The second-order valence-electron chi connectivity index (χ2n) is 3.95. The zero-order chi connectivity index (χ0) is 13.7. The lowest BCUT2D eigenvalue weighted by Crippen LogP contribution is -2.31. The summed E-state index contributed by atoms with van der Waals surface area (Å²) in [5.74, 6) is 0.582. The summed E-state index contributed by atoms with van der Waals surface area (Å²) in [7, 11) is 0. The standard InChI is InChI=1S/C11H17N3O3S/c1-7-9(14(16)17)4-5-11(12-7)13-8(2)10(6-15)18-3/h4-5,8,10,15H,6H2,1-3H3,(H,12,13). The molecule has 100 valence electrons. The fourth-order valence-electron chi connectivity index (χ4n) is 1.59. The summed E-state index contributed by atoms with van der Waals surface area (Å²) in [6.07, 6.45) is 1.92. The average molecular weight is 271 g/mol. The minimum absolute atomic E-state index is 0.0109. The predicted octanol–water partition coefficient (Wildman–Crippen LogP) is 1.82. The molecule has 0 fully saturated rings. The molecule has 1 aromatic rings. The minimum atomic E-state index is -0.450. The minimum Gasteiger partial charge on any atom is -0.395 e. The van der Waals surface area contributed by atoms with Crippen LogP contribution in [0.2, 0.25) is 0 Å². The molecule has 0 aliphatic heterocycles. The molecule has 0 bridgehead atoms. The molecule has 1 heterocycles. The smallest absolute Gasteiger partial charge is 0.290 e. The van der Waals surface area contributed by atoms with Crippen molar-refractivity contribution in [2.24, 2.45) is 0 Å². The number of hydrogen-bond donors (Lipinski definition) is 2. The van der Waals surface area contributed by atoms with E-state index in [4.69, 9.17) is 0 Å². The Labute approximate surface area is 110 Å². The third-order valence-corrected chi connectivity index (χ3v) is 3.83. The number of hydrogen-bond acceptors (Lipinski definition) is 6. The van der Waals surface area contributed by atoms with Gasteiger partial charge in [-0.05, 0) is 26.2 Å². The van der Waals surface area contributed by atoms with E-state index >= 15 is 0 Å². The van der Waals surface area contributed by atoms with Crippen LogP contribution in [-0.4, -0.2) is 39.2 Å². The molecule has 6 nitrogen and oxygen atoms in total. The van der Waals surface area contributed by atoms with E-state index in [0.29, 0.717) is 11.5 Å². The Morgan fingerprint density at radius 3 is 2.72 bits per heavy atom. The number of pyridine rings is 1. The van der Waals surface area contributed by atoms with Crippen LogP contribution in [0.25, 0.3) is 0 Å². The molecular formula is C11H17N3O3S. The van der Waals surface area contributed by atoms with Crippen LogP contribution in [0.1, 0.15) is 12.6 Å². The van der Waals surface area contributed by atoms with Gasteiger partial charge in [0, 0.05) is 17.4 Å². The fraction of sp³-hybridized carbons (Fsp3) is 0.545. The first kappa shape index (κ1) is 14.7. The van der Waals surface area contributed by atoms with Gasteiger partial charge in [0.05, 0.1) is 11.5 Å². The molecule has 0 radical (unpaired) electrons. The van der Waals surface area contributed by atoms with Crippen LogP contribution in [0.4, 0.5) is 11.5 Å². The van der Waals surface area contributed by atoms with E-state index in [1.54, 1.807) is 24.8 Å². The second-order valence-corrected chi connectivity index (χ2v) is 5.02. The van der Waals surface area contributed by atoms with Gasteiger partial charge < -0.3 is 10.4 Å². The van der Waals surface area contributed by atoms with Crippen molar-refractivity contribution in [1.82, 2.24) is 4.98 Å². The highest BCUT2D eigenvalue weighted by atomic mass is 32.2. The summed E-state index contributed by atoms with van der Waals surface area (Å²) >= 11 is 1.56. The molecule has 2 atom stereocenters. The molecule has 0 saturated heterocycles. The number of nitrogens with zero attached hydrogens (tertiary/aromatic N) is 2. The summed E-state index contributed by atoms with van der Waals surface area (Å²) in [5.41, 5.74) is 0.388. The highest BCUT2D eigenvalue weighted by Gasteiger charge is 2.17. The van der Waals surface area contributed by atoms with Gasteiger partial charge in [-0.2, -0.15) is 11.8 Å². The Kier molecular flexibility index (Phi) is 5.36. The van der Waals surface area contributed by atoms with E-state index in [1.165, 1.54) is 6.07 Å². The van der Waals surface area contributed by atoms with E-state index in [9.17, 15) is 15.2 Å². The lowest BCUT2D eigenvalue weighted by molar-refractivity contribution is -0.385. The molecule has 2 N–H and O–H groups in total. The van der Waals surface area contributed by atoms with Crippen molar-refractivity contribution < 1.29 is 10.0 Å². The third-order valence-electron chi connectivity index (χ3n) is 2.67. The van der Waals surface area contributed by atoms with Crippen LogP contribution in [0, 0.1) is 17.0 Å². The zero-order valence-electron chi connectivity index (χ0n) is 10.6. The molecule has 2 unspecified atom stereocenters. The van der Waals surface area contributed by atoms with Crippen LogP contribution >= 0.6 is 11.8 Å². The Morgan fingerprint density at radius 1 is 1.61 bits per heavy atom. The number of aliphatic hydroxyl groups excluding tert-OH is 1. The van der Waals surface area contributed by atoms with Gasteiger partial charge in [-0.1, -0.05) is 0 Å². The number of anilines is 1. The zero-order valence-corrected chi connectivity index (χ0v) is 11.4. The first-order valence-corrected chi connectivity index (χ1v) is 6.80. The third kappa shape index (κ3) is 3.58. The topological polar surface area (TPSA) is 88.3 Å². The Morgan fingerprint density at radius 2 is 2.28 bits per heavy atom. The quantitative estimate of drug-likeness (QED) is 0.606. The second kappa shape index (κ2) is 6.55. The molecule has 7 heteroatoms. The maximum absolute atomic E-state index is 10.7. The lowest BCUT2D eigenvalue weighted by Gasteiger charge is -2.21. The van der Waals surface area contributed by atoms with E-state index in [1.807, 2.05) is 13.2 Å². The average Bonchev–Trinajstić information content (AvgIpc) is 2.30. The molecule has 0 saturated carbocycles. The van der Waals surface area contributed by atoms with Gasteiger partial charge in [0.15, 0.2) is 0 Å². The molecule has 0 aliphatic carbocycles. The van der Waals surface area contributed by atoms with Gasteiger partial charge in [-0.15, -0.1) is 0 Å². The van der Waals surface area contributed by atoms with Crippen LogP contribution in [0.3, 0.4) is 0 Å². The maximum Gasteiger partial charge on any atom is 0.290 e. The normalized spacial score (nSPS) is 14.0. The van der Waals surface area contributed by atoms with Crippen molar-refractivity contribution in [2.75, 3.05) is 18.2 Å². The van der Waals surface area contributed by atoms with Crippen LogP contribution in [-0.2, 0) is 0 Å². The van der Waals surface area contributed by atoms with Crippen molar-refractivity contribution in [3.05, 3.63) is 27.9 Å². The monoisotopic (exact) mass is 271 g/mol. The SMILES string of the molecule is CSC(CO)C(C)Nc1ccc([N+](=O)[O-])c(C)n1. The largest absolute Gasteiger partial charge is 0.395 e. The number of aromatic nitrogens is 1. The first-order valence-electron chi connectivity index (χ1n) is 5.51. The molecule has 1 aromatic heterocycles. The summed E-state index contributed by atoms with van der Waals surface area (Å²) in [6.45, 7) is 3.61. The fourth-order valence-corrected chi connectivity index (χ4v) is 2.22. The molecule has 0 aliphatic rings. The molecule has 1 rings (SSSR count). The van der Waals surface area contributed by atoms with Gasteiger partial charge >= 0.3 is 0 Å². The van der Waals surface area contributed by atoms with Gasteiger partial charge in [0.1, 0.15) is 11.5 Å². The molecule has 0 amide bonds. The molecule has 18 heavy (non-hydrogen) atoms. The Balaban J connectivity index is 2.80. The van der Waals surface area contributed by atoms with Crippen molar-refractivity contribution in [3.63, 3.8) is 0 Å². The van der Waals surface area contributed by atoms with Gasteiger partial charge in [0.2, 0.25) is 0 Å². The number of aliphatic hydroxyl groups is 1. The van der Waals surface area contributed by atoms with Crippen molar-refractivity contribution >= 4 is 23.3 Å². The van der Waals surface area contributed by atoms with Gasteiger partial charge in [-0.3, -0.25) is 10.1 Å². The highest BCUT2D eigenvalue weighted by Crippen LogP contribution is 2.20. The van der Waals surface area contributed by atoms with Crippen molar-refractivity contribution in [3.8, 4) is 0 Å². The van der Waals surface area contributed by atoms with E-state index in [2.05, 4.69) is 10.3 Å².